The quantitative estimate of drug-likeness (QED) is 0.189. The van der Waals surface area contributed by atoms with Crippen LogP contribution in [0.5, 0.6) is 11.5 Å². The van der Waals surface area contributed by atoms with Crippen molar-refractivity contribution in [3.05, 3.63) is 59.9 Å². The maximum Gasteiger partial charge on any atom is 0.248 e. The number of phenolic OH excluding ortho intramolecular Hbond substituents is 2. The van der Waals surface area contributed by atoms with Crippen LogP contribution >= 0.6 is 11.8 Å². The van der Waals surface area contributed by atoms with Crippen LogP contribution in [0.25, 0.3) is 0 Å². The van der Waals surface area contributed by atoms with Gasteiger partial charge < -0.3 is 25.4 Å². The lowest BCUT2D eigenvalue weighted by Gasteiger charge is -2.34. The van der Waals surface area contributed by atoms with Gasteiger partial charge in [0, 0.05) is 30.4 Å². The van der Waals surface area contributed by atoms with Gasteiger partial charge in [-0.15, -0.1) is 11.8 Å². The molecule has 2 aromatic carbocycles. The van der Waals surface area contributed by atoms with Crippen LogP contribution in [0, 0.1) is 6.92 Å². The molecule has 4 N–H and O–H groups in total. The van der Waals surface area contributed by atoms with Gasteiger partial charge in [-0.05, 0) is 81.5 Å². The third kappa shape index (κ3) is 8.94. The first-order valence-electron chi connectivity index (χ1n) is 16.5. The Morgan fingerprint density at radius 3 is 2.35 bits per heavy atom. The van der Waals surface area contributed by atoms with Gasteiger partial charge in [0.15, 0.2) is 17.3 Å². The Balaban J connectivity index is 1.46. The molecule has 1 aliphatic heterocycles. The maximum atomic E-state index is 14.1. The smallest absolute Gasteiger partial charge is 0.248 e. The molecule has 2 aliphatic rings. The Bertz CT molecular complexity index is 1740. The number of carbonyl (C=O) groups excluding carboxylic acids is 3. The van der Waals surface area contributed by atoms with Crippen LogP contribution in [0.2, 0.25) is 0 Å². The van der Waals surface area contributed by atoms with Crippen molar-refractivity contribution in [2.24, 2.45) is 0 Å². The Hall–Kier alpha value is -4.08. The minimum Gasteiger partial charge on any atom is -0.504 e. The molecular formula is C34H43N5O8S2. The standard InChI is InChI=1S/C34H43N5O8S2/c1-22-8-6-7-17-38(22)49(45,46)27-14-12-26(13-15-27)39(32(43)21-48-20-31(42)36-30-18-23(2)47-37-30)33(24-11-16-28(40)29(41)19-24)34(44)35-25-9-4-3-5-10-25/h11-16,18-19,22,25,33,40-41H,3-10,17,20-21H2,1-2H3,(H,35,44)(H,36,37,42)/t22-,33+/m1/s1. The highest BCUT2D eigenvalue weighted by molar-refractivity contribution is 8.00. The molecule has 13 nitrogen and oxygen atoms in total. The molecule has 15 heteroatoms. The molecule has 0 spiro atoms. The van der Waals surface area contributed by atoms with E-state index in [1.165, 1.54) is 51.7 Å². The van der Waals surface area contributed by atoms with Gasteiger partial charge >= 0.3 is 0 Å². The summed E-state index contributed by atoms with van der Waals surface area (Å²) in [5.74, 6) is -1.84. The van der Waals surface area contributed by atoms with Crippen molar-refractivity contribution in [3.8, 4) is 11.5 Å². The van der Waals surface area contributed by atoms with E-state index < -0.39 is 45.3 Å². The zero-order valence-electron chi connectivity index (χ0n) is 27.6. The summed E-state index contributed by atoms with van der Waals surface area (Å²) in [7, 11) is -3.81. The number of amides is 3. The lowest BCUT2D eigenvalue weighted by molar-refractivity contribution is -0.126. The van der Waals surface area contributed by atoms with Crippen molar-refractivity contribution in [3.63, 3.8) is 0 Å². The first-order valence-corrected chi connectivity index (χ1v) is 19.1. The number of nitrogens with zero attached hydrogens (tertiary/aromatic N) is 3. The maximum absolute atomic E-state index is 14.1. The number of piperidine rings is 1. The number of anilines is 2. The zero-order valence-corrected chi connectivity index (χ0v) is 29.3. The number of carbonyl (C=O) groups is 3. The van der Waals surface area contributed by atoms with Gasteiger partial charge in [0.05, 0.1) is 16.4 Å². The molecule has 2 heterocycles. The van der Waals surface area contributed by atoms with Gasteiger partial charge in [-0.2, -0.15) is 4.31 Å². The van der Waals surface area contributed by atoms with Crippen molar-refractivity contribution in [2.45, 2.75) is 88.2 Å². The fourth-order valence-electron chi connectivity index (χ4n) is 6.34. The number of hydrogen-bond acceptors (Lipinski definition) is 10. The number of sulfonamides is 1. The predicted molar refractivity (Wildman–Crippen MR) is 186 cm³/mol. The van der Waals surface area contributed by atoms with Crippen molar-refractivity contribution in [1.82, 2.24) is 14.8 Å². The number of hydrogen-bond donors (Lipinski definition) is 4. The molecule has 1 aromatic heterocycles. The Morgan fingerprint density at radius 2 is 1.69 bits per heavy atom. The summed E-state index contributed by atoms with van der Waals surface area (Å²) in [5.41, 5.74) is 0.482. The lowest BCUT2D eigenvalue weighted by atomic mass is 9.94. The van der Waals surface area contributed by atoms with Gasteiger partial charge in [-0.25, -0.2) is 8.42 Å². The minimum atomic E-state index is -3.81. The van der Waals surface area contributed by atoms with Crippen molar-refractivity contribution in [2.75, 3.05) is 28.3 Å². The van der Waals surface area contributed by atoms with Crippen LogP contribution in [0.1, 0.15) is 75.7 Å². The second-order valence-electron chi connectivity index (χ2n) is 12.6. The van der Waals surface area contributed by atoms with Gasteiger partial charge in [-0.1, -0.05) is 36.9 Å². The summed E-state index contributed by atoms with van der Waals surface area (Å²) in [5, 5.41) is 29.9. The lowest BCUT2D eigenvalue weighted by Crippen LogP contribution is -2.48. The molecule has 1 aliphatic carbocycles. The first-order chi connectivity index (χ1) is 23.4. The predicted octanol–water partition coefficient (Wildman–Crippen LogP) is 4.85. The van der Waals surface area contributed by atoms with Crippen LogP contribution < -0.4 is 15.5 Å². The number of aromatic hydroxyl groups is 2. The van der Waals surface area contributed by atoms with E-state index in [0.29, 0.717) is 12.3 Å². The van der Waals surface area contributed by atoms with E-state index in [2.05, 4.69) is 15.8 Å². The second kappa shape index (κ2) is 16.1. The van der Waals surface area contributed by atoms with Gasteiger partial charge in [-0.3, -0.25) is 19.3 Å². The average molecular weight is 714 g/mol. The molecule has 3 aromatic rings. The first kappa shape index (κ1) is 36.2. The van der Waals surface area contributed by atoms with Crippen LogP contribution in [0.15, 0.2) is 57.9 Å². The van der Waals surface area contributed by atoms with E-state index in [0.717, 1.165) is 63.1 Å². The third-order valence-electron chi connectivity index (χ3n) is 8.86. The van der Waals surface area contributed by atoms with Gasteiger partial charge in [0.25, 0.3) is 0 Å². The van der Waals surface area contributed by atoms with Crippen molar-refractivity contribution in [1.29, 1.82) is 0 Å². The summed E-state index contributed by atoms with van der Waals surface area (Å²) < 4.78 is 33.6. The normalized spacial score (nSPS) is 18.0. The van der Waals surface area contributed by atoms with Crippen molar-refractivity contribution < 1.29 is 37.5 Å². The number of aromatic nitrogens is 1. The van der Waals surface area contributed by atoms with E-state index >= 15 is 0 Å². The van der Waals surface area contributed by atoms with E-state index in [1.54, 1.807) is 13.0 Å². The molecule has 264 valence electrons. The highest BCUT2D eigenvalue weighted by Crippen LogP contribution is 2.35. The zero-order chi connectivity index (χ0) is 35.1. The van der Waals surface area contributed by atoms with Crippen LogP contribution in [0.4, 0.5) is 11.5 Å². The summed E-state index contributed by atoms with van der Waals surface area (Å²) >= 11 is 1.03. The van der Waals surface area contributed by atoms with Crippen LogP contribution in [-0.2, 0) is 24.4 Å². The molecule has 3 amide bonds. The molecule has 2 fully saturated rings. The van der Waals surface area contributed by atoms with Crippen LogP contribution in [-0.4, -0.2) is 75.9 Å². The van der Waals surface area contributed by atoms with Gasteiger partial charge in [0.1, 0.15) is 11.8 Å². The van der Waals surface area contributed by atoms with E-state index in [-0.39, 0.29) is 45.6 Å². The monoisotopic (exact) mass is 713 g/mol. The van der Waals surface area contributed by atoms with Crippen LogP contribution in [0.3, 0.4) is 0 Å². The summed E-state index contributed by atoms with van der Waals surface area (Å²) in [4.78, 5) is 42.2. The molecule has 5 rings (SSSR count). The highest BCUT2D eigenvalue weighted by atomic mass is 32.2. The van der Waals surface area contributed by atoms with E-state index in [9.17, 15) is 33.0 Å². The Kier molecular flexibility index (Phi) is 11.9. The summed E-state index contributed by atoms with van der Waals surface area (Å²) in [6, 6.07) is 9.79. The van der Waals surface area contributed by atoms with Crippen molar-refractivity contribution >= 4 is 51.0 Å². The average Bonchev–Trinajstić information content (AvgIpc) is 3.49. The number of benzene rings is 2. The SMILES string of the molecule is Cc1cc(NC(=O)CSCC(=O)N(c2ccc(S(=O)(=O)N3CCCC[C@H]3C)cc2)[C@H](C(=O)NC2CCCCC2)c2ccc(O)c(O)c2)no1. The number of aryl methyl sites for hydroxylation is 1. The molecule has 0 radical (unpaired) electrons. The largest absolute Gasteiger partial charge is 0.504 e. The number of thioether (sulfide) groups is 1. The summed E-state index contributed by atoms with van der Waals surface area (Å²) in [6.07, 6.45) is 7.04. The minimum absolute atomic E-state index is 0.0667. The number of nitrogens with one attached hydrogen (secondary N) is 2. The third-order valence-corrected chi connectivity index (χ3v) is 11.8. The fraction of sp³-hybridized carbons (Fsp3) is 0.471. The number of phenols is 2. The highest BCUT2D eigenvalue weighted by Gasteiger charge is 2.36. The molecule has 2 atom stereocenters. The van der Waals surface area contributed by atoms with E-state index in [4.69, 9.17) is 4.52 Å². The Labute approximate surface area is 290 Å². The molecule has 0 bridgehead atoms. The second-order valence-corrected chi connectivity index (χ2v) is 15.5. The van der Waals surface area contributed by atoms with Gasteiger partial charge in [0.2, 0.25) is 27.7 Å². The molecule has 1 saturated heterocycles. The molecule has 49 heavy (non-hydrogen) atoms. The topological polar surface area (TPSA) is 182 Å². The molecule has 0 unspecified atom stereocenters. The molecule has 1 saturated carbocycles. The Morgan fingerprint density at radius 1 is 0.980 bits per heavy atom. The number of rotatable bonds is 12. The van der Waals surface area contributed by atoms with E-state index in [1.807, 2.05) is 6.92 Å². The summed E-state index contributed by atoms with van der Waals surface area (Å²) in [6.45, 7) is 4.00. The molecular weight excluding hydrogens is 671 g/mol. The fourth-order valence-corrected chi connectivity index (χ4v) is 8.71.